The number of rotatable bonds is 6. The molecule has 0 fully saturated rings. The minimum atomic E-state index is -2.69. The number of amides is 1. The van der Waals surface area contributed by atoms with E-state index in [1.54, 1.807) is 36.7 Å². The van der Waals surface area contributed by atoms with Crippen molar-refractivity contribution in [1.82, 2.24) is 25.3 Å². The molecular weight excluding hydrogens is 402 g/mol. The minimum absolute atomic E-state index is 0.245. The van der Waals surface area contributed by atoms with Crippen LogP contribution in [0.3, 0.4) is 0 Å². The van der Waals surface area contributed by atoms with Gasteiger partial charge in [-0.3, -0.25) is 9.78 Å². The summed E-state index contributed by atoms with van der Waals surface area (Å²) in [5.41, 5.74) is 4.43. The third-order valence-corrected chi connectivity index (χ3v) is 4.74. The van der Waals surface area contributed by atoms with E-state index in [-0.39, 0.29) is 11.6 Å². The number of aromatic amines is 1. The number of fused-ring (bicyclic) bond motifs is 1. The summed E-state index contributed by atoms with van der Waals surface area (Å²) in [5.74, 6) is 0.137. The Morgan fingerprint density at radius 3 is 2.71 bits per heavy atom. The summed E-state index contributed by atoms with van der Waals surface area (Å²) in [6, 6.07) is 9.91. The average molecular weight is 422 g/mol. The lowest BCUT2D eigenvalue weighted by atomic mass is 10.0. The van der Waals surface area contributed by atoms with Crippen molar-refractivity contribution in [3.05, 3.63) is 60.0 Å². The maximum atomic E-state index is 13.3. The van der Waals surface area contributed by atoms with Gasteiger partial charge in [0.25, 0.3) is 6.43 Å². The zero-order valence-electron chi connectivity index (χ0n) is 16.9. The monoisotopic (exact) mass is 422 g/mol. The third-order valence-electron chi connectivity index (χ3n) is 4.74. The molecule has 0 radical (unpaired) electrons. The van der Waals surface area contributed by atoms with Crippen molar-refractivity contribution in [3.63, 3.8) is 0 Å². The van der Waals surface area contributed by atoms with E-state index in [0.717, 1.165) is 11.1 Å². The first-order chi connectivity index (χ1) is 15.0. The van der Waals surface area contributed by atoms with Crippen LogP contribution in [0.2, 0.25) is 0 Å². The van der Waals surface area contributed by atoms with Crippen LogP contribution in [-0.4, -0.2) is 32.9 Å². The van der Waals surface area contributed by atoms with Crippen molar-refractivity contribution in [1.29, 1.82) is 0 Å². The van der Waals surface area contributed by atoms with Gasteiger partial charge in [0.2, 0.25) is 5.91 Å². The first-order valence-electron chi connectivity index (χ1n) is 9.61. The van der Waals surface area contributed by atoms with Crippen molar-refractivity contribution < 1.29 is 13.6 Å². The second kappa shape index (κ2) is 8.57. The van der Waals surface area contributed by atoms with Gasteiger partial charge in [-0.2, -0.15) is 0 Å². The van der Waals surface area contributed by atoms with E-state index in [1.807, 2.05) is 13.1 Å². The molecule has 158 valence electrons. The molecule has 0 spiro atoms. The summed E-state index contributed by atoms with van der Waals surface area (Å²) >= 11 is 0. The Hall–Kier alpha value is -3.72. The zero-order chi connectivity index (χ0) is 22.0. The molecule has 0 saturated carbocycles. The summed E-state index contributed by atoms with van der Waals surface area (Å²) in [6.45, 7) is 1.99. The predicted molar refractivity (Wildman–Crippen MR) is 115 cm³/mol. The molecule has 0 atom stereocenters. The molecule has 0 aliphatic carbocycles. The number of anilines is 1. The Bertz CT molecular complexity index is 1250. The number of alkyl halides is 2. The van der Waals surface area contributed by atoms with Gasteiger partial charge in [-0.25, -0.2) is 18.7 Å². The number of carbonyl (C=O) groups is 1. The van der Waals surface area contributed by atoms with E-state index in [0.29, 0.717) is 40.4 Å². The van der Waals surface area contributed by atoms with Crippen LogP contribution in [0.15, 0.2) is 48.8 Å². The van der Waals surface area contributed by atoms with Crippen molar-refractivity contribution in [3.8, 4) is 22.5 Å². The number of nitrogens with zero attached hydrogens (tertiary/aromatic N) is 3. The Labute approximate surface area is 177 Å². The van der Waals surface area contributed by atoms with E-state index in [1.165, 1.54) is 13.0 Å². The number of pyridine rings is 3. The maximum Gasteiger partial charge on any atom is 0.280 e. The Morgan fingerprint density at radius 2 is 1.97 bits per heavy atom. The Balaban J connectivity index is 1.98. The van der Waals surface area contributed by atoms with Gasteiger partial charge in [-0.1, -0.05) is 6.07 Å². The maximum absolute atomic E-state index is 13.3. The molecule has 4 heterocycles. The van der Waals surface area contributed by atoms with Crippen LogP contribution >= 0.6 is 0 Å². The highest BCUT2D eigenvalue weighted by Gasteiger charge is 2.21. The van der Waals surface area contributed by atoms with Crippen molar-refractivity contribution in [2.45, 2.75) is 19.9 Å². The third kappa shape index (κ3) is 4.13. The lowest BCUT2D eigenvalue weighted by Gasteiger charge is -2.08. The smallest absolute Gasteiger partial charge is 0.280 e. The van der Waals surface area contributed by atoms with Gasteiger partial charge in [0, 0.05) is 31.4 Å². The summed E-state index contributed by atoms with van der Waals surface area (Å²) in [4.78, 5) is 27.7. The van der Waals surface area contributed by atoms with Crippen molar-refractivity contribution in [2.24, 2.45) is 0 Å². The van der Waals surface area contributed by atoms with Gasteiger partial charge < -0.3 is 15.6 Å². The Kier molecular flexibility index (Phi) is 5.68. The number of nitrogens with one attached hydrogen (secondary N) is 3. The number of hydrogen-bond acceptors (Lipinski definition) is 5. The molecule has 4 rings (SSSR count). The molecule has 1 amide bonds. The largest absolute Gasteiger partial charge is 0.352 e. The lowest BCUT2D eigenvalue weighted by molar-refractivity contribution is -0.114. The minimum Gasteiger partial charge on any atom is -0.352 e. The molecule has 0 unspecified atom stereocenters. The van der Waals surface area contributed by atoms with Crippen LogP contribution in [0.1, 0.15) is 24.6 Å². The molecule has 4 aromatic rings. The lowest BCUT2D eigenvalue weighted by Crippen LogP contribution is -2.07. The molecule has 9 heteroatoms. The first kappa shape index (κ1) is 20.5. The molecule has 0 saturated heterocycles. The molecule has 7 nitrogen and oxygen atoms in total. The van der Waals surface area contributed by atoms with Crippen LogP contribution in [0.5, 0.6) is 0 Å². The van der Waals surface area contributed by atoms with Gasteiger partial charge in [-0.15, -0.1) is 0 Å². The van der Waals surface area contributed by atoms with E-state index in [4.69, 9.17) is 0 Å². The van der Waals surface area contributed by atoms with Crippen molar-refractivity contribution >= 4 is 22.8 Å². The normalized spacial score (nSPS) is 11.3. The van der Waals surface area contributed by atoms with Gasteiger partial charge in [0.15, 0.2) is 0 Å². The van der Waals surface area contributed by atoms with Crippen LogP contribution in [-0.2, 0) is 11.3 Å². The number of hydrogen-bond donors (Lipinski definition) is 3. The fourth-order valence-electron chi connectivity index (χ4n) is 3.49. The number of halogens is 2. The van der Waals surface area contributed by atoms with Crippen molar-refractivity contribution in [2.75, 3.05) is 12.4 Å². The standard InChI is InChI=1S/C22H20F2N6O/c1-12(31)28-17-10-13(6-8-26-17)19-18(15-4-3-5-16(29-15)22(23)24)21-20(30-19)14(11-25-2)7-9-27-21/h3-10,22,25,30H,11H2,1-2H3,(H,26,28,31). The van der Waals surface area contributed by atoms with E-state index >= 15 is 0 Å². The van der Waals surface area contributed by atoms with Gasteiger partial charge in [-0.05, 0) is 42.9 Å². The van der Waals surface area contributed by atoms with Gasteiger partial charge in [0.05, 0.1) is 28.0 Å². The molecule has 3 N–H and O–H groups in total. The molecule has 4 aromatic heterocycles. The SMILES string of the molecule is CNCc1ccnc2c(-c3cccc(C(F)F)n3)c(-c3ccnc(NC(C)=O)c3)[nH]c12. The number of carbonyl (C=O) groups excluding carboxylic acids is 1. The highest BCUT2D eigenvalue weighted by molar-refractivity contribution is 6.02. The summed E-state index contributed by atoms with van der Waals surface area (Å²) < 4.78 is 26.6. The summed E-state index contributed by atoms with van der Waals surface area (Å²) in [6.07, 6.45) is 0.567. The first-order valence-corrected chi connectivity index (χ1v) is 9.61. The van der Waals surface area contributed by atoms with Gasteiger partial charge in [0.1, 0.15) is 11.5 Å². The van der Waals surface area contributed by atoms with Crippen LogP contribution in [0.4, 0.5) is 14.6 Å². The molecular formula is C22H20F2N6O. The van der Waals surface area contributed by atoms with Gasteiger partial charge >= 0.3 is 0 Å². The number of aromatic nitrogens is 4. The second-order valence-corrected chi connectivity index (χ2v) is 6.96. The van der Waals surface area contributed by atoms with Crippen LogP contribution in [0.25, 0.3) is 33.5 Å². The molecule has 0 aliphatic heterocycles. The fraction of sp³-hybridized carbons (Fsp3) is 0.182. The van der Waals surface area contributed by atoms with E-state index in [2.05, 4.69) is 30.6 Å². The quantitative estimate of drug-likeness (QED) is 0.431. The average Bonchev–Trinajstić information content (AvgIpc) is 3.14. The summed E-state index contributed by atoms with van der Waals surface area (Å²) in [7, 11) is 1.84. The van der Waals surface area contributed by atoms with Crippen LogP contribution in [0, 0.1) is 0 Å². The highest BCUT2D eigenvalue weighted by atomic mass is 19.3. The summed E-state index contributed by atoms with van der Waals surface area (Å²) in [5, 5.41) is 5.78. The van der Waals surface area contributed by atoms with Crippen LogP contribution < -0.4 is 10.6 Å². The molecule has 31 heavy (non-hydrogen) atoms. The Morgan fingerprint density at radius 1 is 1.16 bits per heavy atom. The zero-order valence-corrected chi connectivity index (χ0v) is 16.9. The fourth-order valence-corrected chi connectivity index (χ4v) is 3.49. The highest BCUT2D eigenvalue weighted by Crippen LogP contribution is 2.38. The predicted octanol–water partition coefficient (Wildman–Crippen LogP) is 4.30. The molecule has 0 aliphatic rings. The van der Waals surface area contributed by atoms with E-state index in [9.17, 15) is 13.6 Å². The topological polar surface area (TPSA) is 95.6 Å². The second-order valence-electron chi connectivity index (χ2n) is 6.96. The number of H-pyrrole nitrogens is 1. The molecule has 0 aromatic carbocycles. The van der Waals surface area contributed by atoms with E-state index < -0.39 is 6.43 Å². The molecule has 0 bridgehead atoms.